The summed E-state index contributed by atoms with van der Waals surface area (Å²) in [5.74, 6) is 0. The van der Waals surface area contributed by atoms with Crippen molar-refractivity contribution in [1.29, 1.82) is 0 Å². The first kappa shape index (κ1) is 13.3. The quantitative estimate of drug-likeness (QED) is 0.742. The van der Waals surface area contributed by atoms with Gasteiger partial charge in [0, 0.05) is 45.3 Å². The summed E-state index contributed by atoms with van der Waals surface area (Å²) < 4.78 is 0. The minimum absolute atomic E-state index is 0.811. The summed E-state index contributed by atoms with van der Waals surface area (Å²) in [4.78, 5) is 7.62. The summed E-state index contributed by atoms with van der Waals surface area (Å²) in [5.41, 5.74) is 0. The zero-order valence-electron chi connectivity index (χ0n) is 11.5. The van der Waals surface area contributed by atoms with Crippen molar-refractivity contribution in [3.8, 4) is 0 Å². The van der Waals surface area contributed by atoms with Crippen LogP contribution in [0, 0.1) is 0 Å². The number of likely N-dealkylation sites (tertiary alicyclic amines) is 1. The highest BCUT2D eigenvalue weighted by atomic mass is 15.2. The van der Waals surface area contributed by atoms with Crippen molar-refractivity contribution in [2.24, 2.45) is 0 Å². The molecule has 17 heavy (non-hydrogen) atoms. The summed E-state index contributed by atoms with van der Waals surface area (Å²) in [5, 5.41) is 3.41. The predicted octanol–water partition coefficient (Wildman–Crippen LogP) is -0.0824. The van der Waals surface area contributed by atoms with E-state index in [9.17, 15) is 0 Å². The van der Waals surface area contributed by atoms with Crippen LogP contribution >= 0.6 is 0 Å². The second-order valence-electron chi connectivity index (χ2n) is 5.63. The van der Waals surface area contributed by atoms with Crippen molar-refractivity contribution >= 4 is 0 Å². The Morgan fingerprint density at radius 1 is 0.941 bits per heavy atom. The topological polar surface area (TPSA) is 21.8 Å². The summed E-state index contributed by atoms with van der Waals surface area (Å²) in [6.07, 6.45) is 2.68. The maximum absolute atomic E-state index is 3.41. The normalized spacial score (nSPS) is 25.6. The van der Waals surface area contributed by atoms with E-state index in [4.69, 9.17) is 0 Å². The van der Waals surface area contributed by atoms with Gasteiger partial charge < -0.3 is 15.1 Å². The van der Waals surface area contributed by atoms with Gasteiger partial charge in [-0.3, -0.25) is 4.90 Å². The van der Waals surface area contributed by atoms with Crippen LogP contribution in [0.4, 0.5) is 0 Å². The van der Waals surface area contributed by atoms with E-state index in [1.807, 2.05) is 0 Å². The van der Waals surface area contributed by atoms with Gasteiger partial charge in [0.05, 0.1) is 0 Å². The fraction of sp³-hybridized carbons (Fsp3) is 1.00. The van der Waals surface area contributed by atoms with Gasteiger partial charge in [0.1, 0.15) is 0 Å². The summed E-state index contributed by atoms with van der Waals surface area (Å²) in [6.45, 7) is 9.89. The van der Waals surface area contributed by atoms with Gasteiger partial charge in [0.2, 0.25) is 0 Å². The Labute approximate surface area is 106 Å². The molecule has 0 spiro atoms. The fourth-order valence-electron chi connectivity index (χ4n) is 2.88. The smallest absolute Gasteiger partial charge is 0.0113 e. The monoisotopic (exact) mass is 240 g/mol. The zero-order valence-corrected chi connectivity index (χ0v) is 11.5. The average Bonchev–Trinajstić information content (AvgIpc) is 2.38. The van der Waals surface area contributed by atoms with E-state index in [2.05, 4.69) is 34.1 Å². The molecule has 0 unspecified atom stereocenters. The zero-order chi connectivity index (χ0) is 12.1. The molecule has 0 amide bonds. The molecule has 0 bridgehead atoms. The first-order valence-corrected chi connectivity index (χ1v) is 7.07. The molecule has 0 aliphatic carbocycles. The van der Waals surface area contributed by atoms with Crippen molar-refractivity contribution < 1.29 is 0 Å². The molecule has 0 radical (unpaired) electrons. The van der Waals surface area contributed by atoms with E-state index < -0.39 is 0 Å². The van der Waals surface area contributed by atoms with Gasteiger partial charge in [-0.15, -0.1) is 0 Å². The number of hydrogen-bond donors (Lipinski definition) is 1. The van der Waals surface area contributed by atoms with E-state index in [-0.39, 0.29) is 0 Å². The highest BCUT2D eigenvalue weighted by molar-refractivity contribution is 4.78. The van der Waals surface area contributed by atoms with Crippen LogP contribution in [0.25, 0.3) is 0 Å². The van der Waals surface area contributed by atoms with Crippen molar-refractivity contribution in [3.05, 3.63) is 0 Å². The molecule has 0 atom stereocenters. The molecule has 100 valence electrons. The molecule has 4 heteroatoms. The maximum atomic E-state index is 3.41. The second-order valence-corrected chi connectivity index (χ2v) is 5.63. The lowest BCUT2D eigenvalue weighted by atomic mass is 10.0. The molecule has 4 nitrogen and oxygen atoms in total. The van der Waals surface area contributed by atoms with Crippen LogP contribution in [0.15, 0.2) is 0 Å². The van der Waals surface area contributed by atoms with E-state index in [0.717, 1.165) is 6.04 Å². The summed E-state index contributed by atoms with van der Waals surface area (Å²) in [6, 6.07) is 0.811. The highest BCUT2D eigenvalue weighted by Gasteiger charge is 2.20. The molecule has 0 saturated carbocycles. The molecule has 2 aliphatic rings. The molecule has 0 aromatic heterocycles. The van der Waals surface area contributed by atoms with E-state index in [1.165, 1.54) is 65.2 Å². The summed E-state index contributed by atoms with van der Waals surface area (Å²) >= 11 is 0. The Balaban J connectivity index is 1.61. The lowest BCUT2D eigenvalue weighted by molar-refractivity contribution is 0.126. The molecule has 2 heterocycles. The fourth-order valence-corrected chi connectivity index (χ4v) is 2.88. The first-order chi connectivity index (χ1) is 8.25. The number of nitrogens with one attached hydrogen (secondary N) is 1. The van der Waals surface area contributed by atoms with E-state index in [1.54, 1.807) is 0 Å². The Hall–Kier alpha value is -0.160. The third-order valence-electron chi connectivity index (χ3n) is 4.23. The minimum atomic E-state index is 0.811. The lowest BCUT2D eigenvalue weighted by Crippen LogP contribution is -2.48. The standard InChI is InChI=1S/C13H28N4/c1-15(2)13-3-7-16(8-4-13)11-12-17-9-5-14-6-10-17/h13-14H,3-12H2,1-2H3. The minimum Gasteiger partial charge on any atom is -0.314 e. The van der Waals surface area contributed by atoms with E-state index >= 15 is 0 Å². The summed E-state index contributed by atoms with van der Waals surface area (Å²) in [7, 11) is 4.42. The molecule has 0 aromatic rings. The van der Waals surface area contributed by atoms with Crippen molar-refractivity contribution in [2.45, 2.75) is 18.9 Å². The average molecular weight is 240 g/mol. The van der Waals surface area contributed by atoms with Crippen molar-refractivity contribution in [2.75, 3.05) is 66.5 Å². The van der Waals surface area contributed by atoms with Gasteiger partial charge in [-0.1, -0.05) is 0 Å². The van der Waals surface area contributed by atoms with E-state index in [0.29, 0.717) is 0 Å². The third-order valence-corrected chi connectivity index (χ3v) is 4.23. The molecule has 2 saturated heterocycles. The van der Waals surface area contributed by atoms with Gasteiger partial charge in [0.25, 0.3) is 0 Å². The van der Waals surface area contributed by atoms with Crippen LogP contribution in [0.1, 0.15) is 12.8 Å². The maximum Gasteiger partial charge on any atom is 0.0113 e. The Kier molecular flexibility index (Phi) is 5.22. The van der Waals surface area contributed by atoms with Gasteiger partial charge in [-0.2, -0.15) is 0 Å². The van der Waals surface area contributed by atoms with Gasteiger partial charge in [-0.05, 0) is 40.0 Å². The van der Waals surface area contributed by atoms with Gasteiger partial charge >= 0.3 is 0 Å². The van der Waals surface area contributed by atoms with Crippen LogP contribution in [0.2, 0.25) is 0 Å². The highest BCUT2D eigenvalue weighted by Crippen LogP contribution is 2.13. The number of hydrogen-bond acceptors (Lipinski definition) is 4. The predicted molar refractivity (Wildman–Crippen MR) is 72.5 cm³/mol. The van der Waals surface area contributed by atoms with Gasteiger partial charge in [0.15, 0.2) is 0 Å². The number of rotatable bonds is 4. The first-order valence-electron chi connectivity index (χ1n) is 7.07. The Morgan fingerprint density at radius 2 is 1.47 bits per heavy atom. The third kappa shape index (κ3) is 4.21. The van der Waals surface area contributed by atoms with Crippen LogP contribution < -0.4 is 5.32 Å². The molecular formula is C13H28N4. The number of piperazine rings is 1. The number of nitrogens with zero attached hydrogens (tertiary/aromatic N) is 3. The van der Waals surface area contributed by atoms with Gasteiger partial charge in [-0.25, -0.2) is 0 Å². The molecule has 2 aliphatic heterocycles. The lowest BCUT2D eigenvalue weighted by Gasteiger charge is -2.36. The van der Waals surface area contributed by atoms with Crippen LogP contribution in [-0.4, -0.2) is 87.2 Å². The molecule has 2 fully saturated rings. The van der Waals surface area contributed by atoms with Crippen molar-refractivity contribution in [3.63, 3.8) is 0 Å². The number of piperidine rings is 1. The largest absolute Gasteiger partial charge is 0.314 e. The second kappa shape index (κ2) is 6.69. The molecule has 0 aromatic carbocycles. The van der Waals surface area contributed by atoms with Crippen molar-refractivity contribution in [1.82, 2.24) is 20.0 Å². The van der Waals surface area contributed by atoms with Crippen LogP contribution in [0.5, 0.6) is 0 Å². The Bertz CT molecular complexity index is 205. The van der Waals surface area contributed by atoms with Crippen LogP contribution in [0.3, 0.4) is 0 Å². The Morgan fingerprint density at radius 3 is 2.00 bits per heavy atom. The molecular weight excluding hydrogens is 212 g/mol. The SMILES string of the molecule is CN(C)C1CCN(CCN2CCNCC2)CC1. The molecule has 2 rings (SSSR count). The molecule has 1 N–H and O–H groups in total. The van der Waals surface area contributed by atoms with Crippen LogP contribution in [-0.2, 0) is 0 Å².